The summed E-state index contributed by atoms with van der Waals surface area (Å²) >= 11 is 10.4. The summed E-state index contributed by atoms with van der Waals surface area (Å²) in [4.78, 5) is 8.86. The Kier molecular flexibility index (Phi) is 5.15. The van der Waals surface area contributed by atoms with Gasteiger partial charge in [0, 0.05) is 17.6 Å². The van der Waals surface area contributed by atoms with Crippen molar-refractivity contribution in [3.63, 3.8) is 0 Å². The first-order valence-corrected chi connectivity index (χ1v) is 8.00. The fourth-order valence-corrected chi connectivity index (χ4v) is 2.56. The Bertz CT molecular complexity index is 626. The zero-order valence-electron chi connectivity index (χ0n) is 10.6. The lowest BCUT2D eigenvalue weighted by atomic mass is 10.2. The van der Waals surface area contributed by atoms with Gasteiger partial charge in [0.1, 0.15) is 10.5 Å². The lowest BCUT2D eigenvalue weighted by molar-refractivity contribution is 0.181. The topological polar surface area (TPSA) is 37.9 Å². The standard InChI is InChI=1S/C13H13BrN2OS2/c1-17-7-10-11(14)13(18)16-12(15-10)8-3-5-9(19-2)6-4-8/h3-6H,7H2,1-2H3,(H,15,16,18). The molecule has 2 aromatic rings. The predicted molar refractivity (Wildman–Crippen MR) is 85.1 cm³/mol. The summed E-state index contributed by atoms with van der Waals surface area (Å²) in [5, 5.41) is 0. The molecule has 19 heavy (non-hydrogen) atoms. The van der Waals surface area contributed by atoms with Gasteiger partial charge >= 0.3 is 0 Å². The van der Waals surface area contributed by atoms with Crippen LogP contribution in [0.25, 0.3) is 11.4 Å². The molecule has 0 aliphatic carbocycles. The van der Waals surface area contributed by atoms with Gasteiger partial charge in [-0.05, 0) is 34.3 Å². The van der Waals surface area contributed by atoms with E-state index in [4.69, 9.17) is 17.0 Å². The second-order valence-electron chi connectivity index (χ2n) is 3.84. The molecule has 0 aliphatic heterocycles. The van der Waals surface area contributed by atoms with Crippen molar-refractivity contribution in [1.82, 2.24) is 9.97 Å². The van der Waals surface area contributed by atoms with Gasteiger partial charge in [-0.1, -0.05) is 24.4 Å². The minimum Gasteiger partial charge on any atom is -0.378 e. The monoisotopic (exact) mass is 356 g/mol. The van der Waals surface area contributed by atoms with Gasteiger partial charge in [0.05, 0.1) is 16.8 Å². The van der Waals surface area contributed by atoms with Crippen LogP contribution in [0, 0.1) is 4.64 Å². The molecule has 0 radical (unpaired) electrons. The van der Waals surface area contributed by atoms with Gasteiger partial charge < -0.3 is 9.72 Å². The van der Waals surface area contributed by atoms with E-state index in [1.54, 1.807) is 18.9 Å². The average molecular weight is 357 g/mol. The summed E-state index contributed by atoms with van der Waals surface area (Å²) in [6.45, 7) is 0.461. The molecule has 1 aromatic heterocycles. The molecule has 0 aliphatic rings. The van der Waals surface area contributed by atoms with Crippen LogP contribution in [0.4, 0.5) is 0 Å². The van der Waals surface area contributed by atoms with Crippen LogP contribution in [-0.4, -0.2) is 23.3 Å². The number of H-pyrrole nitrogens is 1. The fourth-order valence-electron chi connectivity index (χ4n) is 1.63. The minimum absolute atomic E-state index is 0.461. The maximum absolute atomic E-state index is 5.25. The molecular formula is C13H13BrN2OS2. The first kappa shape index (κ1) is 14.7. The number of halogens is 1. The Morgan fingerprint density at radius 1 is 1.37 bits per heavy atom. The Hall–Kier alpha value is -0.690. The van der Waals surface area contributed by atoms with Crippen LogP contribution < -0.4 is 0 Å². The van der Waals surface area contributed by atoms with Crippen molar-refractivity contribution in [3.05, 3.63) is 39.1 Å². The normalized spacial score (nSPS) is 10.7. The van der Waals surface area contributed by atoms with Crippen molar-refractivity contribution in [2.45, 2.75) is 11.5 Å². The van der Waals surface area contributed by atoms with Crippen LogP contribution in [0.3, 0.4) is 0 Å². The molecule has 0 atom stereocenters. The Labute approximate surface area is 129 Å². The molecule has 1 N–H and O–H groups in total. The van der Waals surface area contributed by atoms with Gasteiger partial charge in [-0.15, -0.1) is 11.8 Å². The Morgan fingerprint density at radius 3 is 2.63 bits per heavy atom. The molecule has 0 spiro atoms. The smallest absolute Gasteiger partial charge is 0.144 e. The number of thioether (sulfide) groups is 1. The number of hydrogen-bond acceptors (Lipinski definition) is 4. The lowest BCUT2D eigenvalue weighted by Gasteiger charge is -2.08. The highest BCUT2D eigenvalue weighted by Gasteiger charge is 2.08. The van der Waals surface area contributed by atoms with E-state index in [0.29, 0.717) is 11.2 Å². The number of nitrogens with zero attached hydrogens (tertiary/aromatic N) is 1. The number of hydrogen-bond donors (Lipinski definition) is 1. The molecule has 100 valence electrons. The highest BCUT2D eigenvalue weighted by atomic mass is 79.9. The van der Waals surface area contributed by atoms with Crippen LogP contribution in [0.15, 0.2) is 33.6 Å². The third-order valence-electron chi connectivity index (χ3n) is 2.59. The average Bonchev–Trinajstić information content (AvgIpc) is 2.44. The van der Waals surface area contributed by atoms with E-state index < -0.39 is 0 Å². The van der Waals surface area contributed by atoms with E-state index in [0.717, 1.165) is 21.6 Å². The van der Waals surface area contributed by atoms with Crippen LogP contribution in [0.1, 0.15) is 5.69 Å². The van der Waals surface area contributed by atoms with Crippen LogP contribution in [0.5, 0.6) is 0 Å². The molecule has 1 heterocycles. The number of aromatic amines is 1. The van der Waals surface area contributed by atoms with Gasteiger partial charge in [-0.3, -0.25) is 0 Å². The molecule has 0 saturated carbocycles. The second-order valence-corrected chi connectivity index (χ2v) is 5.90. The van der Waals surface area contributed by atoms with Crippen molar-refractivity contribution in [2.24, 2.45) is 0 Å². The molecule has 2 rings (SSSR count). The zero-order valence-corrected chi connectivity index (χ0v) is 13.8. The highest BCUT2D eigenvalue weighted by Crippen LogP contribution is 2.23. The molecule has 0 amide bonds. The van der Waals surface area contributed by atoms with Crippen molar-refractivity contribution in [3.8, 4) is 11.4 Å². The maximum Gasteiger partial charge on any atom is 0.144 e. The summed E-state index contributed by atoms with van der Waals surface area (Å²) in [6, 6.07) is 8.20. The van der Waals surface area contributed by atoms with E-state index in [-0.39, 0.29) is 0 Å². The molecular weight excluding hydrogens is 344 g/mol. The molecule has 0 unspecified atom stereocenters. The SMILES string of the molecule is COCc1[nH]c(-c2ccc(SC)cc2)nc(=S)c1Br. The fraction of sp³-hybridized carbons (Fsp3) is 0.231. The van der Waals surface area contributed by atoms with Crippen molar-refractivity contribution in [2.75, 3.05) is 13.4 Å². The predicted octanol–water partition coefficient (Wildman–Crippen LogP) is 4.44. The third-order valence-corrected chi connectivity index (χ3v) is 4.74. The number of nitrogens with one attached hydrogen (secondary N) is 1. The number of benzene rings is 1. The van der Waals surface area contributed by atoms with E-state index in [9.17, 15) is 0 Å². The summed E-state index contributed by atoms with van der Waals surface area (Å²) in [7, 11) is 1.65. The number of methoxy groups -OCH3 is 1. The molecule has 1 aromatic carbocycles. The van der Waals surface area contributed by atoms with Gasteiger partial charge in [-0.25, -0.2) is 4.98 Å². The lowest BCUT2D eigenvalue weighted by Crippen LogP contribution is -1.99. The highest BCUT2D eigenvalue weighted by molar-refractivity contribution is 9.10. The van der Waals surface area contributed by atoms with Crippen molar-refractivity contribution in [1.29, 1.82) is 0 Å². The largest absolute Gasteiger partial charge is 0.378 e. The van der Waals surface area contributed by atoms with E-state index in [1.165, 1.54) is 4.90 Å². The van der Waals surface area contributed by atoms with Gasteiger partial charge in [0.25, 0.3) is 0 Å². The van der Waals surface area contributed by atoms with E-state index in [1.807, 2.05) is 12.1 Å². The van der Waals surface area contributed by atoms with E-state index in [2.05, 4.69) is 44.3 Å². The number of rotatable bonds is 4. The third kappa shape index (κ3) is 3.45. The van der Waals surface area contributed by atoms with Crippen LogP contribution >= 0.6 is 39.9 Å². The molecule has 6 heteroatoms. The van der Waals surface area contributed by atoms with Crippen LogP contribution in [0.2, 0.25) is 0 Å². The Balaban J connectivity index is 2.46. The summed E-state index contributed by atoms with van der Waals surface area (Å²) < 4.78 is 6.48. The van der Waals surface area contributed by atoms with E-state index >= 15 is 0 Å². The van der Waals surface area contributed by atoms with Crippen molar-refractivity contribution >= 4 is 39.9 Å². The van der Waals surface area contributed by atoms with Crippen molar-refractivity contribution < 1.29 is 4.74 Å². The molecule has 3 nitrogen and oxygen atoms in total. The Morgan fingerprint density at radius 2 is 2.05 bits per heavy atom. The van der Waals surface area contributed by atoms with Gasteiger partial charge in [0.15, 0.2) is 0 Å². The molecule has 0 fully saturated rings. The number of ether oxygens (including phenoxy) is 1. The quantitative estimate of drug-likeness (QED) is 0.649. The summed E-state index contributed by atoms with van der Waals surface area (Å²) in [6.07, 6.45) is 2.05. The number of aromatic nitrogens is 2. The zero-order chi connectivity index (χ0) is 13.8. The minimum atomic E-state index is 0.461. The first-order valence-electron chi connectivity index (χ1n) is 5.57. The summed E-state index contributed by atoms with van der Waals surface area (Å²) in [5.74, 6) is 0.757. The maximum atomic E-state index is 5.25. The second kappa shape index (κ2) is 6.65. The van der Waals surface area contributed by atoms with Crippen LogP contribution in [-0.2, 0) is 11.3 Å². The first-order chi connectivity index (χ1) is 9.15. The molecule has 0 saturated heterocycles. The van der Waals surface area contributed by atoms with Gasteiger partial charge in [-0.2, -0.15) is 0 Å². The van der Waals surface area contributed by atoms with Gasteiger partial charge in [0.2, 0.25) is 0 Å². The summed E-state index contributed by atoms with van der Waals surface area (Å²) in [5.41, 5.74) is 1.90. The molecule has 0 bridgehead atoms.